The lowest BCUT2D eigenvalue weighted by Crippen LogP contribution is -2.42. The molecule has 7 heteroatoms. The van der Waals surface area contributed by atoms with Crippen molar-refractivity contribution in [1.29, 1.82) is 0 Å². The van der Waals surface area contributed by atoms with Crippen LogP contribution >= 0.6 is 0 Å². The molecule has 7 nitrogen and oxygen atoms in total. The summed E-state index contributed by atoms with van der Waals surface area (Å²) in [7, 11) is 0. The molecule has 25 heavy (non-hydrogen) atoms. The van der Waals surface area contributed by atoms with E-state index < -0.39 is 0 Å². The van der Waals surface area contributed by atoms with Crippen LogP contribution in [0.1, 0.15) is 32.8 Å². The normalized spacial score (nSPS) is 14.8. The average molecular weight is 347 g/mol. The summed E-state index contributed by atoms with van der Waals surface area (Å²) in [4.78, 5) is 34.0. The van der Waals surface area contributed by atoms with Crippen molar-refractivity contribution in [2.75, 3.05) is 44.2 Å². The Kier molecular flexibility index (Phi) is 7.03. The van der Waals surface area contributed by atoms with E-state index in [-0.39, 0.29) is 11.9 Å². The van der Waals surface area contributed by atoms with Gasteiger partial charge in [0.1, 0.15) is 5.82 Å². The minimum atomic E-state index is -0.0850. The van der Waals surface area contributed by atoms with Gasteiger partial charge in [-0.15, -0.1) is 0 Å². The number of carbonyl (C=O) groups excluding carboxylic acids is 2. The van der Waals surface area contributed by atoms with Crippen molar-refractivity contribution in [2.24, 2.45) is 0 Å². The molecule has 0 spiro atoms. The molecule has 2 rings (SSSR count). The fraction of sp³-hybridized carbons (Fsp3) is 0.611. The van der Waals surface area contributed by atoms with Gasteiger partial charge in [0.05, 0.1) is 0 Å². The van der Waals surface area contributed by atoms with Gasteiger partial charge in [-0.3, -0.25) is 4.79 Å². The van der Waals surface area contributed by atoms with Gasteiger partial charge in [0, 0.05) is 58.9 Å². The minimum Gasteiger partial charge on any atom is -0.357 e. The van der Waals surface area contributed by atoms with E-state index >= 15 is 0 Å². The fourth-order valence-electron chi connectivity index (χ4n) is 2.98. The van der Waals surface area contributed by atoms with Gasteiger partial charge < -0.3 is 20.0 Å². The first-order chi connectivity index (χ1) is 12.0. The predicted octanol–water partition coefficient (Wildman–Crippen LogP) is 1.69. The van der Waals surface area contributed by atoms with Gasteiger partial charge in [-0.05, 0) is 31.9 Å². The number of aromatic nitrogens is 1. The molecule has 0 saturated carbocycles. The zero-order chi connectivity index (χ0) is 18.2. The summed E-state index contributed by atoms with van der Waals surface area (Å²) in [6, 6.07) is 3.91. The quantitative estimate of drug-likeness (QED) is 0.880. The number of pyridine rings is 1. The van der Waals surface area contributed by atoms with E-state index in [2.05, 4.69) is 29.0 Å². The van der Waals surface area contributed by atoms with Crippen LogP contribution in [0.25, 0.3) is 0 Å². The standard InChI is InChI=1S/C18H29N5O2/c1-4-21(5-2)17-8-7-16(13-19-17)14-20-18(25)23-10-6-9-22(11-12-23)15(3)24/h7-8,13H,4-6,9-12,14H2,1-3H3,(H,20,25). The first kappa shape index (κ1) is 19.0. The number of anilines is 1. The molecule has 1 aromatic heterocycles. The highest BCUT2D eigenvalue weighted by atomic mass is 16.2. The molecular formula is C18H29N5O2. The second-order valence-corrected chi connectivity index (χ2v) is 6.20. The number of nitrogens with one attached hydrogen (secondary N) is 1. The molecule has 0 bridgehead atoms. The number of hydrogen-bond acceptors (Lipinski definition) is 4. The SMILES string of the molecule is CCN(CC)c1ccc(CNC(=O)N2CCCN(C(C)=O)CC2)cn1. The highest BCUT2D eigenvalue weighted by Crippen LogP contribution is 2.11. The predicted molar refractivity (Wildman–Crippen MR) is 98.5 cm³/mol. The Morgan fingerprint density at radius 1 is 1.12 bits per heavy atom. The van der Waals surface area contributed by atoms with Gasteiger partial charge >= 0.3 is 6.03 Å². The maximum atomic E-state index is 12.4. The van der Waals surface area contributed by atoms with Crippen molar-refractivity contribution in [3.8, 4) is 0 Å². The fourth-order valence-corrected chi connectivity index (χ4v) is 2.98. The van der Waals surface area contributed by atoms with Crippen molar-refractivity contribution in [1.82, 2.24) is 20.1 Å². The third kappa shape index (κ3) is 5.34. The van der Waals surface area contributed by atoms with Crippen molar-refractivity contribution in [3.05, 3.63) is 23.9 Å². The first-order valence-electron chi connectivity index (χ1n) is 9.03. The molecule has 1 aliphatic rings. The molecule has 3 amide bonds. The van der Waals surface area contributed by atoms with Crippen molar-refractivity contribution in [3.63, 3.8) is 0 Å². The summed E-state index contributed by atoms with van der Waals surface area (Å²) < 4.78 is 0. The van der Waals surface area contributed by atoms with Crippen LogP contribution in [0.15, 0.2) is 18.3 Å². The second kappa shape index (κ2) is 9.25. The number of rotatable bonds is 5. The maximum Gasteiger partial charge on any atom is 0.317 e. The molecule has 0 unspecified atom stereocenters. The lowest BCUT2D eigenvalue weighted by molar-refractivity contribution is -0.128. The smallest absolute Gasteiger partial charge is 0.317 e. The van der Waals surface area contributed by atoms with Gasteiger partial charge in [-0.1, -0.05) is 6.07 Å². The Labute approximate surface area is 150 Å². The van der Waals surface area contributed by atoms with Gasteiger partial charge in [-0.25, -0.2) is 9.78 Å². The lowest BCUT2D eigenvalue weighted by Gasteiger charge is -2.22. The average Bonchev–Trinajstić information content (AvgIpc) is 2.88. The van der Waals surface area contributed by atoms with Crippen LogP contribution in [0.4, 0.5) is 10.6 Å². The van der Waals surface area contributed by atoms with Crippen LogP contribution in [0.5, 0.6) is 0 Å². The van der Waals surface area contributed by atoms with E-state index in [1.165, 1.54) is 0 Å². The van der Waals surface area contributed by atoms with E-state index in [1.807, 2.05) is 18.3 Å². The Balaban J connectivity index is 1.84. The van der Waals surface area contributed by atoms with E-state index in [9.17, 15) is 9.59 Å². The van der Waals surface area contributed by atoms with Crippen LogP contribution in [-0.2, 0) is 11.3 Å². The van der Waals surface area contributed by atoms with Crippen molar-refractivity contribution in [2.45, 2.75) is 33.7 Å². The molecule has 1 saturated heterocycles. The summed E-state index contributed by atoms with van der Waals surface area (Å²) in [5.41, 5.74) is 0.976. The van der Waals surface area contributed by atoms with Crippen LogP contribution in [0.3, 0.4) is 0 Å². The summed E-state index contributed by atoms with van der Waals surface area (Å²) in [5.74, 6) is 1.03. The maximum absolute atomic E-state index is 12.4. The number of carbonyl (C=O) groups is 2. The summed E-state index contributed by atoms with van der Waals surface area (Å²) >= 11 is 0. The van der Waals surface area contributed by atoms with Gasteiger partial charge in [-0.2, -0.15) is 0 Å². The van der Waals surface area contributed by atoms with Gasteiger partial charge in [0.25, 0.3) is 0 Å². The summed E-state index contributed by atoms with van der Waals surface area (Å²) in [6.07, 6.45) is 2.63. The van der Waals surface area contributed by atoms with Crippen LogP contribution in [0, 0.1) is 0 Å². The van der Waals surface area contributed by atoms with Crippen molar-refractivity contribution < 1.29 is 9.59 Å². The molecule has 0 aliphatic carbocycles. The lowest BCUT2D eigenvalue weighted by atomic mass is 10.2. The van der Waals surface area contributed by atoms with Crippen LogP contribution in [-0.4, -0.2) is 66.0 Å². The largest absolute Gasteiger partial charge is 0.357 e. The zero-order valence-electron chi connectivity index (χ0n) is 15.5. The Hall–Kier alpha value is -2.31. The third-order valence-corrected chi connectivity index (χ3v) is 4.57. The molecule has 1 aliphatic heterocycles. The van der Waals surface area contributed by atoms with Gasteiger partial charge in [0.2, 0.25) is 5.91 Å². The molecule has 1 N–H and O–H groups in total. The van der Waals surface area contributed by atoms with E-state index in [0.29, 0.717) is 26.2 Å². The van der Waals surface area contributed by atoms with Crippen LogP contribution in [0.2, 0.25) is 0 Å². The van der Waals surface area contributed by atoms with E-state index in [4.69, 9.17) is 0 Å². The summed E-state index contributed by atoms with van der Waals surface area (Å²) in [6.45, 7) is 10.7. The van der Waals surface area contributed by atoms with Crippen LogP contribution < -0.4 is 10.2 Å². The topological polar surface area (TPSA) is 68.8 Å². The molecule has 2 heterocycles. The van der Waals surface area contributed by atoms with Crippen molar-refractivity contribution >= 4 is 17.8 Å². The number of nitrogens with zero attached hydrogens (tertiary/aromatic N) is 4. The second-order valence-electron chi connectivity index (χ2n) is 6.20. The molecule has 1 fully saturated rings. The Morgan fingerprint density at radius 2 is 1.80 bits per heavy atom. The molecule has 0 atom stereocenters. The zero-order valence-corrected chi connectivity index (χ0v) is 15.5. The highest BCUT2D eigenvalue weighted by molar-refractivity contribution is 5.75. The molecule has 1 aromatic rings. The number of hydrogen-bond donors (Lipinski definition) is 1. The third-order valence-electron chi connectivity index (χ3n) is 4.57. The molecule has 0 radical (unpaired) electrons. The Bertz CT molecular complexity index is 571. The molecule has 138 valence electrons. The van der Waals surface area contributed by atoms with E-state index in [0.717, 1.165) is 37.4 Å². The van der Waals surface area contributed by atoms with Gasteiger partial charge in [0.15, 0.2) is 0 Å². The molecular weight excluding hydrogens is 318 g/mol. The Morgan fingerprint density at radius 3 is 2.40 bits per heavy atom. The number of urea groups is 1. The highest BCUT2D eigenvalue weighted by Gasteiger charge is 2.19. The monoisotopic (exact) mass is 347 g/mol. The van der Waals surface area contributed by atoms with E-state index in [1.54, 1.807) is 16.7 Å². The molecule has 0 aromatic carbocycles. The first-order valence-corrected chi connectivity index (χ1v) is 9.03. The minimum absolute atomic E-state index is 0.0709. The number of amides is 3. The summed E-state index contributed by atoms with van der Waals surface area (Å²) in [5, 5.41) is 2.95.